The summed E-state index contributed by atoms with van der Waals surface area (Å²) in [7, 11) is 0. The van der Waals surface area contributed by atoms with E-state index in [9.17, 15) is 23.8 Å². The Hall–Kier alpha value is -3.65. The van der Waals surface area contributed by atoms with Crippen LogP contribution in [-0.4, -0.2) is 30.8 Å². The van der Waals surface area contributed by atoms with E-state index in [2.05, 4.69) is 10.2 Å². The Balaban J connectivity index is 1.80. The molecule has 0 aliphatic rings. The molecule has 8 heteroatoms. The quantitative estimate of drug-likeness (QED) is 0.565. The van der Waals surface area contributed by atoms with Gasteiger partial charge in [-0.3, -0.25) is 4.40 Å². The van der Waals surface area contributed by atoms with Gasteiger partial charge in [-0.1, -0.05) is 24.3 Å². The first kappa shape index (κ1) is 17.7. The number of halogens is 2. The highest BCUT2D eigenvalue weighted by Crippen LogP contribution is 2.27. The molecular weight excluding hydrogens is 368 g/mol. The van der Waals surface area contributed by atoms with Crippen molar-refractivity contribution in [3.8, 4) is 11.4 Å². The van der Waals surface area contributed by atoms with Gasteiger partial charge in [0.2, 0.25) is 0 Å². The van der Waals surface area contributed by atoms with Crippen LogP contribution in [0.25, 0.3) is 17.0 Å². The van der Waals surface area contributed by atoms with E-state index in [-0.39, 0.29) is 11.1 Å². The lowest BCUT2D eigenvalue weighted by Gasteiger charge is -2.13. The highest BCUT2D eigenvalue weighted by atomic mass is 19.1. The van der Waals surface area contributed by atoms with E-state index in [0.717, 1.165) is 6.07 Å². The molecule has 4 aromatic rings. The summed E-state index contributed by atoms with van der Waals surface area (Å²) in [4.78, 5) is 11.2. The molecule has 2 heterocycles. The van der Waals surface area contributed by atoms with Gasteiger partial charge in [0.1, 0.15) is 17.7 Å². The van der Waals surface area contributed by atoms with Crippen LogP contribution in [0.4, 0.5) is 8.78 Å². The first-order valence-corrected chi connectivity index (χ1v) is 8.25. The third kappa shape index (κ3) is 3.10. The molecule has 1 unspecified atom stereocenters. The van der Waals surface area contributed by atoms with Crippen LogP contribution >= 0.6 is 0 Å². The first-order valence-electron chi connectivity index (χ1n) is 8.25. The van der Waals surface area contributed by atoms with E-state index in [1.807, 2.05) is 0 Å². The number of aromatic carboxylic acids is 1. The van der Waals surface area contributed by atoms with E-state index >= 15 is 0 Å². The van der Waals surface area contributed by atoms with E-state index < -0.39 is 23.7 Å². The maximum atomic E-state index is 14.0. The monoisotopic (exact) mass is 381 g/mol. The minimum absolute atomic E-state index is 0.0664. The minimum Gasteiger partial charge on any atom is -0.478 e. The van der Waals surface area contributed by atoms with Gasteiger partial charge in [-0.25, -0.2) is 13.6 Å². The fraction of sp³-hybridized carbons (Fsp3) is 0.0500. The Bertz CT molecular complexity index is 1210. The standard InChI is InChI=1S/C20H13F2N3O3/c21-14-5-6-15(16(22)9-14)18(26)13-4-7-17-23-24-19(25(17)10-13)11-2-1-3-12(8-11)20(27)28/h1-10,18,26H,(H,27,28). The molecule has 0 aliphatic carbocycles. The summed E-state index contributed by atoms with van der Waals surface area (Å²) in [6.45, 7) is 0. The maximum Gasteiger partial charge on any atom is 0.335 e. The fourth-order valence-electron chi connectivity index (χ4n) is 2.96. The molecule has 6 nitrogen and oxygen atoms in total. The number of aliphatic hydroxyl groups excluding tert-OH is 1. The van der Waals surface area contributed by atoms with E-state index in [4.69, 9.17) is 0 Å². The molecule has 0 aliphatic heterocycles. The van der Waals surface area contributed by atoms with Crippen LogP contribution in [0.1, 0.15) is 27.6 Å². The predicted octanol–water partition coefficient (Wildman–Crippen LogP) is 3.45. The van der Waals surface area contributed by atoms with E-state index in [1.54, 1.807) is 28.7 Å². The fourth-order valence-corrected chi connectivity index (χ4v) is 2.96. The van der Waals surface area contributed by atoms with Gasteiger partial charge in [-0.15, -0.1) is 10.2 Å². The molecule has 2 aromatic heterocycles. The summed E-state index contributed by atoms with van der Waals surface area (Å²) in [5.74, 6) is -2.29. The largest absolute Gasteiger partial charge is 0.478 e. The van der Waals surface area contributed by atoms with Crippen molar-refractivity contribution in [1.29, 1.82) is 0 Å². The summed E-state index contributed by atoms with van der Waals surface area (Å²) in [5, 5.41) is 27.8. The lowest BCUT2D eigenvalue weighted by atomic mass is 10.0. The Morgan fingerprint density at radius 1 is 1.04 bits per heavy atom. The van der Waals surface area contributed by atoms with Crippen LogP contribution in [0.3, 0.4) is 0 Å². The molecule has 0 saturated carbocycles. The smallest absolute Gasteiger partial charge is 0.335 e. The average Bonchev–Trinajstić information content (AvgIpc) is 3.11. The van der Waals surface area contributed by atoms with Crippen LogP contribution in [0.2, 0.25) is 0 Å². The van der Waals surface area contributed by atoms with Gasteiger partial charge in [-0.05, 0) is 24.3 Å². The van der Waals surface area contributed by atoms with Crippen molar-refractivity contribution in [3.05, 3.63) is 89.1 Å². The third-order valence-electron chi connectivity index (χ3n) is 4.37. The summed E-state index contributed by atoms with van der Waals surface area (Å²) in [5.41, 5.74) is 1.36. The number of rotatable bonds is 4. The van der Waals surface area contributed by atoms with Crippen LogP contribution in [0.15, 0.2) is 60.8 Å². The Morgan fingerprint density at radius 3 is 2.61 bits per heavy atom. The molecule has 2 aromatic carbocycles. The van der Waals surface area contributed by atoms with Gasteiger partial charge in [0, 0.05) is 29.0 Å². The number of carboxylic acids is 1. The van der Waals surface area contributed by atoms with Crippen LogP contribution in [-0.2, 0) is 0 Å². The number of benzene rings is 2. The maximum absolute atomic E-state index is 14.0. The van der Waals surface area contributed by atoms with Crippen molar-refractivity contribution < 1.29 is 23.8 Å². The van der Waals surface area contributed by atoms with E-state index in [0.29, 0.717) is 28.7 Å². The molecule has 28 heavy (non-hydrogen) atoms. The van der Waals surface area contributed by atoms with Crippen molar-refractivity contribution in [1.82, 2.24) is 14.6 Å². The van der Waals surface area contributed by atoms with Crippen molar-refractivity contribution >= 4 is 11.6 Å². The number of carboxylic acid groups (broad SMARTS) is 1. The number of hydrogen-bond acceptors (Lipinski definition) is 4. The van der Waals surface area contributed by atoms with Crippen molar-refractivity contribution in [2.45, 2.75) is 6.10 Å². The number of pyridine rings is 1. The zero-order valence-electron chi connectivity index (χ0n) is 14.3. The highest BCUT2D eigenvalue weighted by molar-refractivity contribution is 5.89. The summed E-state index contributed by atoms with van der Waals surface area (Å²) < 4.78 is 28.7. The second kappa shape index (κ2) is 6.82. The van der Waals surface area contributed by atoms with Gasteiger partial charge < -0.3 is 10.2 Å². The molecule has 4 rings (SSSR count). The van der Waals surface area contributed by atoms with E-state index in [1.165, 1.54) is 24.4 Å². The number of aromatic nitrogens is 3. The Labute approximate surface area is 157 Å². The number of aliphatic hydroxyl groups is 1. The Morgan fingerprint density at radius 2 is 1.86 bits per heavy atom. The average molecular weight is 381 g/mol. The number of hydrogen-bond donors (Lipinski definition) is 2. The van der Waals surface area contributed by atoms with Crippen LogP contribution in [0, 0.1) is 11.6 Å². The van der Waals surface area contributed by atoms with Crippen LogP contribution < -0.4 is 0 Å². The van der Waals surface area contributed by atoms with Gasteiger partial charge in [0.15, 0.2) is 11.5 Å². The minimum atomic E-state index is -1.33. The second-order valence-corrected chi connectivity index (χ2v) is 6.17. The number of nitrogens with zero attached hydrogens (tertiary/aromatic N) is 3. The summed E-state index contributed by atoms with van der Waals surface area (Å²) in [6, 6.07) is 12.3. The van der Waals surface area contributed by atoms with Gasteiger partial charge in [0.05, 0.1) is 5.56 Å². The van der Waals surface area contributed by atoms with Gasteiger partial charge >= 0.3 is 5.97 Å². The lowest BCUT2D eigenvalue weighted by molar-refractivity contribution is 0.0697. The van der Waals surface area contributed by atoms with Gasteiger partial charge in [-0.2, -0.15) is 0 Å². The molecule has 0 saturated heterocycles. The zero-order valence-corrected chi connectivity index (χ0v) is 14.3. The van der Waals surface area contributed by atoms with Crippen LogP contribution in [0.5, 0.6) is 0 Å². The first-order chi connectivity index (χ1) is 13.4. The molecule has 0 fully saturated rings. The topological polar surface area (TPSA) is 87.7 Å². The molecule has 0 bridgehead atoms. The summed E-state index contributed by atoms with van der Waals surface area (Å²) in [6.07, 6.45) is 0.205. The molecular formula is C20H13F2N3O3. The molecule has 140 valence electrons. The second-order valence-electron chi connectivity index (χ2n) is 6.17. The van der Waals surface area contributed by atoms with Crippen molar-refractivity contribution in [3.63, 3.8) is 0 Å². The molecule has 0 radical (unpaired) electrons. The Kier molecular flexibility index (Phi) is 4.32. The number of carbonyl (C=O) groups is 1. The van der Waals surface area contributed by atoms with Crippen molar-refractivity contribution in [2.24, 2.45) is 0 Å². The number of fused-ring (bicyclic) bond motifs is 1. The lowest BCUT2D eigenvalue weighted by Crippen LogP contribution is -2.05. The molecule has 0 spiro atoms. The molecule has 1 atom stereocenters. The normalized spacial score (nSPS) is 12.2. The highest BCUT2D eigenvalue weighted by Gasteiger charge is 2.18. The molecule has 0 amide bonds. The summed E-state index contributed by atoms with van der Waals surface area (Å²) >= 11 is 0. The zero-order chi connectivity index (χ0) is 19.8. The SMILES string of the molecule is O=C(O)c1cccc(-c2nnc3ccc(C(O)c4ccc(F)cc4F)cn23)c1. The molecule has 2 N–H and O–H groups in total. The third-order valence-corrected chi connectivity index (χ3v) is 4.37. The van der Waals surface area contributed by atoms with Gasteiger partial charge in [0.25, 0.3) is 0 Å². The van der Waals surface area contributed by atoms with Crippen molar-refractivity contribution in [2.75, 3.05) is 0 Å². The predicted molar refractivity (Wildman–Crippen MR) is 95.8 cm³/mol.